The quantitative estimate of drug-likeness (QED) is 0.797. The number of azo groups is 1. The Morgan fingerprint density at radius 2 is 1.48 bits per heavy atom. The molecule has 2 rings (SSSR count). The lowest BCUT2D eigenvalue weighted by Gasteiger charge is -2.11. The number of rotatable bonds is 2. The molecule has 0 aliphatic carbocycles. The third-order valence-electron chi connectivity index (χ3n) is 4.24. The predicted octanol–water partition coefficient (Wildman–Crippen LogP) is 3.08. The third-order valence-corrected chi connectivity index (χ3v) is 4.24. The zero-order chi connectivity index (χ0) is 15.9. The van der Waals surface area contributed by atoms with Crippen molar-refractivity contribution < 1.29 is 0 Å². The molecule has 6 heteroatoms. The van der Waals surface area contributed by atoms with E-state index in [1.165, 1.54) is 0 Å². The van der Waals surface area contributed by atoms with Gasteiger partial charge in [-0.15, -0.1) is 10.2 Å². The van der Waals surface area contributed by atoms with Gasteiger partial charge in [-0.1, -0.05) is 0 Å². The molecule has 0 fully saturated rings. The van der Waals surface area contributed by atoms with Gasteiger partial charge in [-0.3, -0.25) is 9.48 Å². The first-order chi connectivity index (χ1) is 9.75. The number of aromatic nitrogens is 3. The highest BCUT2D eigenvalue weighted by atomic mass is 16.1. The van der Waals surface area contributed by atoms with Crippen molar-refractivity contribution in [3.05, 3.63) is 38.4 Å². The molecule has 0 aliphatic heterocycles. The fourth-order valence-electron chi connectivity index (χ4n) is 2.21. The topological polar surface area (TPSA) is 64.5 Å². The number of aryl methyl sites for hydroxylation is 1. The summed E-state index contributed by atoms with van der Waals surface area (Å²) >= 11 is 0. The fourth-order valence-corrected chi connectivity index (χ4v) is 2.21. The van der Waals surface area contributed by atoms with Crippen LogP contribution in [0.3, 0.4) is 0 Å². The van der Waals surface area contributed by atoms with E-state index in [4.69, 9.17) is 0 Å². The maximum absolute atomic E-state index is 12.0. The van der Waals surface area contributed by atoms with Gasteiger partial charge in [0, 0.05) is 36.6 Å². The third kappa shape index (κ3) is 2.41. The van der Waals surface area contributed by atoms with Crippen LogP contribution in [0.5, 0.6) is 0 Å². The van der Waals surface area contributed by atoms with Crippen molar-refractivity contribution in [1.29, 1.82) is 0 Å². The van der Waals surface area contributed by atoms with Gasteiger partial charge in [0.2, 0.25) is 0 Å². The average Bonchev–Trinajstić information content (AvgIpc) is 2.70. The molecule has 0 amide bonds. The Kier molecular flexibility index (Phi) is 3.80. The first kappa shape index (κ1) is 15.2. The predicted molar refractivity (Wildman–Crippen MR) is 82.8 cm³/mol. The minimum atomic E-state index is 0.00816. The van der Waals surface area contributed by atoms with Crippen molar-refractivity contribution >= 4 is 11.5 Å². The number of nitrogens with zero attached hydrogens (tertiary/aromatic N) is 5. The second kappa shape index (κ2) is 5.27. The fraction of sp³-hybridized carbons (Fsp3) is 0.467. The summed E-state index contributed by atoms with van der Waals surface area (Å²) in [6, 6.07) is 0. The van der Waals surface area contributed by atoms with Crippen LogP contribution in [0.4, 0.5) is 11.5 Å². The zero-order valence-electron chi connectivity index (χ0n) is 13.6. The van der Waals surface area contributed by atoms with Crippen LogP contribution >= 0.6 is 0 Å². The standard InChI is InChI=1S/C15H21N5O/c1-8-9(2)15(21)19(6)12(5)13(8)16-17-14-10(3)11(4)20(7)18-14/h1-7H3. The molecule has 0 aromatic carbocycles. The molecule has 6 nitrogen and oxygen atoms in total. The van der Waals surface area contributed by atoms with Crippen LogP contribution in [0.1, 0.15) is 28.1 Å². The Bertz CT molecular complexity index is 763. The van der Waals surface area contributed by atoms with Crippen molar-refractivity contribution in [2.45, 2.75) is 34.6 Å². The molecule has 0 atom stereocenters. The molecule has 0 N–H and O–H groups in total. The van der Waals surface area contributed by atoms with E-state index in [9.17, 15) is 4.79 Å². The molecule has 0 aliphatic rings. The van der Waals surface area contributed by atoms with Gasteiger partial charge in [0.15, 0.2) is 5.82 Å². The van der Waals surface area contributed by atoms with Crippen molar-refractivity contribution in [1.82, 2.24) is 14.3 Å². The van der Waals surface area contributed by atoms with Crippen LogP contribution in [-0.2, 0) is 14.1 Å². The van der Waals surface area contributed by atoms with E-state index in [2.05, 4.69) is 15.3 Å². The molecule has 0 saturated heterocycles. The average molecular weight is 287 g/mol. The summed E-state index contributed by atoms with van der Waals surface area (Å²) in [6.45, 7) is 9.55. The largest absolute Gasteiger partial charge is 0.314 e. The van der Waals surface area contributed by atoms with Gasteiger partial charge in [0.25, 0.3) is 5.56 Å². The zero-order valence-corrected chi connectivity index (χ0v) is 13.6. The summed E-state index contributed by atoms with van der Waals surface area (Å²) in [5, 5.41) is 12.9. The summed E-state index contributed by atoms with van der Waals surface area (Å²) in [4.78, 5) is 12.0. The molecule has 2 aromatic rings. The van der Waals surface area contributed by atoms with E-state index in [0.29, 0.717) is 11.4 Å². The number of pyridine rings is 1. The Hall–Kier alpha value is -2.24. The summed E-state index contributed by atoms with van der Waals surface area (Å²) in [6.07, 6.45) is 0. The van der Waals surface area contributed by atoms with E-state index in [1.54, 1.807) is 16.3 Å². The highest BCUT2D eigenvalue weighted by molar-refractivity contribution is 5.52. The minimum absolute atomic E-state index is 0.00816. The first-order valence-corrected chi connectivity index (χ1v) is 6.84. The van der Waals surface area contributed by atoms with Gasteiger partial charge in [-0.05, 0) is 40.2 Å². The molecule has 0 saturated carbocycles. The van der Waals surface area contributed by atoms with Crippen LogP contribution in [0, 0.1) is 34.6 Å². The Labute approximate surface area is 124 Å². The van der Waals surface area contributed by atoms with Crippen LogP contribution in [-0.4, -0.2) is 14.3 Å². The van der Waals surface area contributed by atoms with Gasteiger partial charge in [0.1, 0.15) is 5.69 Å². The maximum Gasteiger partial charge on any atom is 0.253 e. The Balaban J connectivity index is 2.56. The van der Waals surface area contributed by atoms with Crippen molar-refractivity contribution in [3.63, 3.8) is 0 Å². The van der Waals surface area contributed by atoms with Crippen LogP contribution in [0.15, 0.2) is 15.0 Å². The van der Waals surface area contributed by atoms with Crippen molar-refractivity contribution in [2.24, 2.45) is 24.3 Å². The van der Waals surface area contributed by atoms with Gasteiger partial charge in [-0.2, -0.15) is 5.10 Å². The van der Waals surface area contributed by atoms with Gasteiger partial charge >= 0.3 is 0 Å². The molecule has 2 heterocycles. The second-order valence-corrected chi connectivity index (χ2v) is 5.41. The minimum Gasteiger partial charge on any atom is -0.314 e. The smallest absolute Gasteiger partial charge is 0.253 e. The van der Waals surface area contributed by atoms with E-state index in [-0.39, 0.29) is 5.56 Å². The van der Waals surface area contributed by atoms with E-state index in [0.717, 1.165) is 28.2 Å². The van der Waals surface area contributed by atoms with E-state index < -0.39 is 0 Å². The summed E-state index contributed by atoms with van der Waals surface area (Å²) in [7, 11) is 3.63. The molecule has 0 spiro atoms. The molecule has 2 aromatic heterocycles. The van der Waals surface area contributed by atoms with Gasteiger partial charge < -0.3 is 4.57 Å². The molecular weight excluding hydrogens is 266 g/mol. The highest BCUT2D eigenvalue weighted by Gasteiger charge is 2.13. The monoisotopic (exact) mass is 287 g/mol. The SMILES string of the molecule is Cc1c(N=Nc2nn(C)c(C)c2C)c(C)n(C)c(=O)c1C. The summed E-state index contributed by atoms with van der Waals surface area (Å²) in [5.41, 5.74) is 5.19. The lowest BCUT2D eigenvalue weighted by Crippen LogP contribution is -2.22. The normalized spacial score (nSPS) is 11.6. The van der Waals surface area contributed by atoms with Crippen LogP contribution in [0.25, 0.3) is 0 Å². The van der Waals surface area contributed by atoms with Gasteiger partial charge in [0.05, 0.1) is 0 Å². The summed E-state index contributed by atoms with van der Waals surface area (Å²) < 4.78 is 3.39. The molecule has 112 valence electrons. The second-order valence-electron chi connectivity index (χ2n) is 5.41. The lowest BCUT2D eigenvalue weighted by molar-refractivity contribution is 0.738. The molecule has 21 heavy (non-hydrogen) atoms. The van der Waals surface area contributed by atoms with Crippen molar-refractivity contribution in [2.75, 3.05) is 0 Å². The first-order valence-electron chi connectivity index (χ1n) is 6.84. The number of hydrogen-bond donors (Lipinski definition) is 0. The Morgan fingerprint density at radius 3 is 2.00 bits per heavy atom. The van der Waals surface area contributed by atoms with E-state index in [1.807, 2.05) is 41.7 Å². The Morgan fingerprint density at radius 1 is 0.857 bits per heavy atom. The maximum atomic E-state index is 12.0. The van der Waals surface area contributed by atoms with E-state index >= 15 is 0 Å². The molecule has 0 bridgehead atoms. The van der Waals surface area contributed by atoms with Crippen LogP contribution < -0.4 is 5.56 Å². The molecule has 0 unspecified atom stereocenters. The number of hydrogen-bond acceptors (Lipinski definition) is 4. The molecular formula is C15H21N5O. The summed E-state index contributed by atoms with van der Waals surface area (Å²) in [5.74, 6) is 0.611. The van der Waals surface area contributed by atoms with Crippen LogP contribution in [0.2, 0.25) is 0 Å². The molecule has 0 radical (unpaired) electrons. The lowest BCUT2D eigenvalue weighted by atomic mass is 10.1. The van der Waals surface area contributed by atoms with Crippen molar-refractivity contribution in [3.8, 4) is 0 Å². The highest BCUT2D eigenvalue weighted by Crippen LogP contribution is 2.27. The van der Waals surface area contributed by atoms with Gasteiger partial charge in [-0.25, -0.2) is 0 Å².